The maximum Gasteiger partial charge on any atom is 0.124 e. The number of ether oxygens (including phenoxy) is 1. The molecular weight excluding hydrogens is 226 g/mol. The molecular formula is C15H17NO2. The summed E-state index contributed by atoms with van der Waals surface area (Å²) in [6.07, 6.45) is 1.62. The van der Waals surface area contributed by atoms with Crippen LogP contribution in [0.25, 0.3) is 0 Å². The van der Waals surface area contributed by atoms with Crippen LogP contribution in [0.15, 0.2) is 53.5 Å². The maximum absolute atomic E-state index is 9.66. The zero-order valence-electron chi connectivity index (χ0n) is 9.50. The van der Waals surface area contributed by atoms with E-state index in [-0.39, 0.29) is 13.2 Å². The summed E-state index contributed by atoms with van der Waals surface area (Å²) in [5.41, 5.74) is 1.47. The van der Waals surface area contributed by atoms with Gasteiger partial charge in [0.2, 0.25) is 0 Å². The fourth-order valence-corrected chi connectivity index (χ4v) is 1.42. The lowest BCUT2D eigenvalue weighted by Crippen LogP contribution is -1.86. The molecule has 3 heteroatoms. The lowest BCUT2D eigenvalue weighted by molar-refractivity contribution is 0.412. The van der Waals surface area contributed by atoms with Gasteiger partial charge < -0.3 is 9.84 Å². The highest BCUT2D eigenvalue weighted by Gasteiger charge is 2.00. The predicted molar refractivity (Wildman–Crippen MR) is 75.1 cm³/mol. The van der Waals surface area contributed by atoms with E-state index in [0.717, 1.165) is 5.69 Å². The van der Waals surface area contributed by atoms with Crippen LogP contribution < -0.4 is 4.74 Å². The number of benzene rings is 2. The van der Waals surface area contributed by atoms with E-state index in [9.17, 15) is 5.11 Å². The van der Waals surface area contributed by atoms with Crippen molar-refractivity contribution in [1.29, 1.82) is 0 Å². The molecule has 0 aliphatic carbocycles. The molecule has 0 spiro atoms. The molecule has 0 atom stereocenters. The molecule has 2 aromatic carbocycles. The van der Waals surface area contributed by atoms with Crippen LogP contribution in [0.3, 0.4) is 0 Å². The van der Waals surface area contributed by atoms with Gasteiger partial charge in [-0.15, -0.1) is 0 Å². The second kappa shape index (κ2) is 6.45. The minimum Gasteiger partial charge on any atom is -0.507 e. The first-order chi connectivity index (χ1) is 8.29. The molecule has 2 aromatic rings. The molecule has 2 rings (SSSR count). The first-order valence-corrected chi connectivity index (χ1v) is 5.26. The first kappa shape index (κ1) is 13.8. The van der Waals surface area contributed by atoms with E-state index in [1.54, 1.807) is 31.5 Å². The van der Waals surface area contributed by atoms with Crippen molar-refractivity contribution in [3.63, 3.8) is 0 Å². The van der Waals surface area contributed by atoms with Crippen molar-refractivity contribution in [2.45, 2.75) is 7.43 Å². The molecule has 3 nitrogen and oxygen atoms in total. The second-order valence-electron chi connectivity index (χ2n) is 3.52. The van der Waals surface area contributed by atoms with Crippen molar-refractivity contribution in [3.05, 3.63) is 54.1 Å². The highest BCUT2D eigenvalue weighted by Crippen LogP contribution is 2.22. The third-order valence-corrected chi connectivity index (χ3v) is 2.34. The van der Waals surface area contributed by atoms with Crippen LogP contribution in [0.5, 0.6) is 11.5 Å². The van der Waals surface area contributed by atoms with E-state index >= 15 is 0 Å². The maximum atomic E-state index is 9.66. The van der Waals surface area contributed by atoms with Crippen molar-refractivity contribution < 1.29 is 9.84 Å². The zero-order valence-corrected chi connectivity index (χ0v) is 9.50. The Labute approximate surface area is 107 Å². The standard InChI is InChI=1S/C14H13NO2.CH4/c1-17-13-7-8-14(16)11(9-13)10-15-12-5-3-2-4-6-12;/h2-10,16H,1H3;1H4. The average Bonchev–Trinajstić information content (AvgIpc) is 2.39. The Kier molecular flexibility index (Phi) is 4.93. The molecule has 1 N–H and O–H groups in total. The first-order valence-electron chi connectivity index (χ1n) is 5.26. The van der Waals surface area contributed by atoms with Crippen molar-refractivity contribution in [3.8, 4) is 11.5 Å². The Morgan fingerprint density at radius 1 is 1.11 bits per heavy atom. The summed E-state index contributed by atoms with van der Waals surface area (Å²) in [5.74, 6) is 0.878. The quantitative estimate of drug-likeness (QED) is 0.833. The fourth-order valence-electron chi connectivity index (χ4n) is 1.42. The summed E-state index contributed by atoms with van der Waals surface area (Å²) < 4.78 is 5.09. The Balaban J connectivity index is 0.00000162. The number of hydrogen-bond donors (Lipinski definition) is 1. The topological polar surface area (TPSA) is 41.8 Å². The van der Waals surface area contributed by atoms with E-state index in [2.05, 4.69) is 4.99 Å². The van der Waals surface area contributed by atoms with Crippen molar-refractivity contribution in [1.82, 2.24) is 0 Å². The van der Waals surface area contributed by atoms with Gasteiger partial charge in [-0.05, 0) is 30.3 Å². The highest BCUT2D eigenvalue weighted by molar-refractivity contribution is 5.85. The molecule has 0 unspecified atom stereocenters. The average molecular weight is 243 g/mol. The van der Waals surface area contributed by atoms with Crippen molar-refractivity contribution in [2.24, 2.45) is 4.99 Å². The Morgan fingerprint density at radius 2 is 1.83 bits per heavy atom. The molecule has 0 saturated heterocycles. The van der Waals surface area contributed by atoms with Gasteiger partial charge in [-0.1, -0.05) is 25.6 Å². The predicted octanol–water partition coefficient (Wildman–Crippen LogP) is 3.79. The molecule has 0 fully saturated rings. The van der Waals surface area contributed by atoms with Gasteiger partial charge >= 0.3 is 0 Å². The molecule has 0 heterocycles. The van der Waals surface area contributed by atoms with Crippen molar-refractivity contribution >= 4 is 11.9 Å². The van der Waals surface area contributed by atoms with Crippen LogP contribution in [0.4, 0.5) is 5.69 Å². The lowest BCUT2D eigenvalue weighted by Gasteiger charge is -2.02. The largest absolute Gasteiger partial charge is 0.507 e. The number of aliphatic imine (C=N–C) groups is 1. The lowest BCUT2D eigenvalue weighted by atomic mass is 10.2. The Morgan fingerprint density at radius 3 is 2.50 bits per heavy atom. The number of phenols is 1. The zero-order chi connectivity index (χ0) is 12.1. The summed E-state index contributed by atoms with van der Waals surface area (Å²) in [6, 6.07) is 14.6. The third-order valence-electron chi connectivity index (χ3n) is 2.34. The van der Waals surface area contributed by atoms with Gasteiger partial charge in [-0.3, -0.25) is 4.99 Å². The van der Waals surface area contributed by atoms with Gasteiger partial charge in [0.05, 0.1) is 12.8 Å². The Hall–Kier alpha value is -2.29. The fraction of sp³-hybridized carbons (Fsp3) is 0.133. The Bertz CT molecular complexity index is 521. The molecule has 0 saturated carbocycles. The smallest absolute Gasteiger partial charge is 0.124 e. The number of methoxy groups -OCH3 is 1. The number of nitrogens with zero attached hydrogens (tertiary/aromatic N) is 1. The van der Waals surface area contributed by atoms with Crippen LogP contribution in [-0.4, -0.2) is 18.4 Å². The molecule has 18 heavy (non-hydrogen) atoms. The van der Waals surface area contributed by atoms with Gasteiger partial charge in [0.15, 0.2) is 0 Å². The minimum atomic E-state index is 0. The van der Waals surface area contributed by atoms with Crippen LogP contribution >= 0.6 is 0 Å². The summed E-state index contributed by atoms with van der Waals surface area (Å²) in [7, 11) is 1.59. The van der Waals surface area contributed by atoms with Crippen LogP contribution in [-0.2, 0) is 0 Å². The van der Waals surface area contributed by atoms with E-state index < -0.39 is 0 Å². The van der Waals surface area contributed by atoms with E-state index in [4.69, 9.17) is 4.74 Å². The molecule has 0 amide bonds. The molecule has 0 aromatic heterocycles. The third kappa shape index (κ3) is 3.35. The molecule has 0 aliphatic heterocycles. The van der Waals surface area contributed by atoms with E-state index in [0.29, 0.717) is 11.3 Å². The van der Waals surface area contributed by atoms with Crippen LogP contribution in [0.1, 0.15) is 13.0 Å². The number of rotatable bonds is 3. The minimum absolute atomic E-state index is 0. The van der Waals surface area contributed by atoms with Crippen LogP contribution in [0.2, 0.25) is 0 Å². The molecule has 0 aliphatic rings. The van der Waals surface area contributed by atoms with Gasteiger partial charge in [0.1, 0.15) is 11.5 Å². The van der Waals surface area contributed by atoms with Gasteiger partial charge in [-0.25, -0.2) is 0 Å². The van der Waals surface area contributed by atoms with Crippen molar-refractivity contribution in [2.75, 3.05) is 7.11 Å². The number of para-hydroxylation sites is 1. The normalized spacial score (nSPS) is 10.1. The number of aromatic hydroxyl groups is 1. The van der Waals surface area contributed by atoms with E-state index in [1.165, 1.54) is 0 Å². The summed E-state index contributed by atoms with van der Waals surface area (Å²) in [5, 5.41) is 9.66. The van der Waals surface area contributed by atoms with Gasteiger partial charge in [-0.2, -0.15) is 0 Å². The highest BCUT2D eigenvalue weighted by atomic mass is 16.5. The van der Waals surface area contributed by atoms with E-state index in [1.807, 2.05) is 30.3 Å². The monoisotopic (exact) mass is 243 g/mol. The molecule has 0 radical (unpaired) electrons. The number of hydrogen-bond acceptors (Lipinski definition) is 3. The van der Waals surface area contributed by atoms with Gasteiger partial charge in [0.25, 0.3) is 0 Å². The van der Waals surface area contributed by atoms with Crippen LogP contribution in [0, 0.1) is 0 Å². The molecule has 94 valence electrons. The summed E-state index contributed by atoms with van der Waals surface area (Å²) >= 11 is 0. The summed E-state index contributed by atoms with van der Waals surface area (Å²) in [4.78, 5) is 4.27. The van der Waals surface area contributed by atoms with Gasteiger partial charge in [0, 0.05) is 11.8 Å². The number of phenolic OH excluding ortho intramolecular Hbond substituents is 1. The SMILES string of the molecule is C.COc1ccc(O)c(C=Nc2ccccc2)c1. The second-order valence-corrected chi connectivity index (χ2v) is 3.52. The summed E-state index contributed by atoms with van der Waals surface area (Å²) in [6.45, 7) is 0. The molecule has 0 bridgehead atoms.